The van der Waals surface area contributed by atoms with Crippen LogP contribution in [0, 0.1) is 0 Å². The zero-order chi connectivity index (χ0) is 23.3. The van der Waals surface area contributed by atoms with Gasteiger partial charge in [-0.1, -0.05) is 103 Å². The molecule has 1 amide bonds. The number of rotatable bonds is 6. The molecule has 1 aromatic heterocycles. The van der Waals surface area contributed by atoms with Crippen molar-refractivity contribution in [1.29, 1.82) is 0 Å². The van der Waals surface area contributed by atoms with Gasteiger partial charge in [-0.3, -0.25) is 4.79 Å². The molecule has 0 saturated carbocycles. The maximum absolute atomic E-state index is 12.8. The minimum atomic E-state index is -0.0975. The van der Waals surface area contributed by atoms with Crippen LogP contribution in [0.5, 0.6) is 0 Å². The van der Waals surface area contributed by atoms with Crippen LogP contribution in [-0.4, -0.2) is 10.9 Å². The number of hydrogen-bond acceptors (Lipinski definition) is 3. The first kappa shape index (κ1) is 21.6. The van der Waals surface area contributed by atoms with Crippen LogP contribution in [0.1, 0.15) is 11.1 Å². The summed E-state index contributed by atoms with van der Waals surface area (Å²) < 4.78 is 0. The molecule has 0 aliphatic heterocycles. The fourth-order valence-electron chi connectivity index (χ4n) is 4.10. The number of nitrogens with two attached hydrogens (primary N) is 1. The minimum Gasteiger partial charge on any atom is -0.326 e. The molecule has 4 heteroatoms. The lowest BCUT2D eigenvalue weighted by atomic mass is 10.0. The quantitative estimate of drug-likeness (QED) is 0.328. The van der Waals surface area contributed by atoms with E-state index in [4.69, 9.17) is 10.7 Å². The summed E-state index contributed by atoms with van der Waals surface area (Å²) >= 11 is 0. The summed E-state index contributed by atoms with van der Waals surface area (Å²) in [7, 11) is 0. The number of amides is 1. The molecule has 0 aliphatic carbocycles. The Labute approximate surface area is 199 Å². The van der Waals surface area contributed by atoms with Gasteiger partial charge < -0.3 is 11.1 Å². The van der Waals surface area contributed by atoms with Crippen molar-refractivity contribution in [3.05, 3.63) is 120 Å². The zero-order valence-corrected chi connectivity index (χ0v) is 18.7. The fourth-order valence-corrected chi connectivity index (χ4v) is 4.10. The van der Waals surface area contributed by atoms with Crippen LogP contribution >= 0.6 is 0 Å². The maximum atomic E-state index is 12.8. The Kier molecular flexibility index (Phi) is 6.15. The van der Waals surface area contributed by atoms with Gasteiger partial charge in [-0.05, 0) is 33.7 Å². The molecular weight excluding hydrogens is 418 g/mol. The number of fused-ring (bicyclic) bond motifs is 1. The summed E-state index contributed by atoms with van der Waals surface area (Å²) in [6.07, 6.45) is 0.282. The Morgan fingerprint density at radius 1 is 0.706 bits per heavy atom. The van der Waals surface area contributed by atoms with Gasteiger partial charge in [0, 0.05) is 17.5 Å². The standard InChI is InChI=1S/C30H25N3O/c31-20-22-12-16-25(17-13-22)30-27-9-5-4-8-26(27)19-28(33-30)32-29(34)18-21-10-14-24(15-11-21)23-6-2-1-3-7-23/h1-17,19H,18,20,31H2,(H,32,33,34). The van der Waals surface area contributed by atoms with Crippen molar-refractivity contribution >= 4 is 22.5 Å². The largest absolute Gasteiger partial charge is 0.326 e. The average Bonchev–Trinajstić information content (AvgIpc) is 2.89. The summed E-state index contributed by atoms with van der Waals surface area (Å²) in [5.41, 5.74) is 11.9. The van der Waals surface area contributed by atoms with Crippen molar-refractivity contribution in [3.63, 3.8) is 0 Å². The lowest BCUT2D eigenvalue weighted by molar-refractivity contribution is -0.115. The Hall–Kier alpha value is -4.28. The van der Waals surface area contributed by atoms with Crippen LogP contribution in [0.15, 0.2) is 109 Å². The molecule has 4 nitrogen and oxygen atoms in total. The highest BCUT2D eigenvalue weighted by Crippen LogP contribution is 2.29. The molecule has 0 radical (unpaired) electrons. The number of aromatic nitrogens is 1. The Bertz CT molecular complexity index is 1430. The Morgan fingerprint density at radius 3 is 2.06 bits per heavy atom. The van der Waals surface area contributed by atoms with E-state index in [0.29, 0.717) is 12.4 Å². The van der Waals surface area contributed by atoms with Crippen molar-refractivity contribution in [1.82, 2.24) is 4.98 Å². The molecule has 0 atom stereocenters. The molecule has 5 aromatic rings. The van der Waals surface area contributed by atoms with E-state index in [1.165, 1.54) is 0 Å². The minimum absolute atomic E-state index is 0.0975. The molecule has 5 rings (SSSR count). The second-order valence-electron chi connectivity index (χ2n) is 8.27. The van der Waals surface area contributed by atoms with Crippen molar-refractivity contribution in [2.24, 2.45) is 5.73 Å². The first-order valence-corrected chi connectivity index (χ1v) is 11.3. The molecule has 1 heterocycles. The predicted octanol–water partition coefficient (Wildman–Crippen LogP) is 6.21. The van der Waals surface area contributed by atoms with Gasteiger partial charge >= 0.3 is 0 Å². The zero-order valence-electron chi connectivity index (χ0n) is 18.7. The topological polar surface area (TPSA) is 68.0 Å². The molecular formula is C30H25N3O. The van der Waals surface area contributed by atoms with Crippen molar-refractivity contribution in [2.45, 2.75) is 13.0 Å². The third-order valence-corrected chi connectivity index (χ3v) is 5.90. The van der Waals surface area contributed by atoms with Crippen molar-refractivity contribution in [3.8, 4) is 22.4 Å². The molecule has 0 unspecified atom stereocenters. The first-order chi connectivity index (χ1) is 16.7. The summed E-state index contributed by atoms with van der Waals surface area (Å²) in [6.45, 7) is 0.497. The van der Waals surface area contributed by atoms with Gasteiger partial charge in [0.2, 0.25) is 5.91 Å². The van der Waals surface area contributed by atoms with Crippen molar-refractivity contribution in [2.75, 3.05) is 5.32 Å². The smallest absolute Gasteiger partial charge is 0.229 e. The number of benzene rings is 4. The van der Waals surface area contributed by atoms with E-state index in [1.54, 1.807) is 0 Å². The van der Waals surface area contributed by atoms with Crippen LogP contribution in [0.25, 0.3) is 33.2 Å². The monoisotopic (exact) mass is 443 g/mol. The van der Waals surface area contributed by atoms with Gasteiger partial charge in [0.1, 0.15) is 5.82 Å². The van der Waals surface area contributed by atoms with E-state index >= 15 is 0 Å². The molecule has 0 saturated heterocycles. The lowest BCUT2D eigenvalue weighted by Gasteiger charge is -2.11. The SMILES string of the molecule is NCc1ccc(-c2nc(NC(=O)Cc3ccc(-c4ccccc4)cc3)cc3ccccc23)cc1. The second-order valence-corrected chi connectivity index (χ2v) is 8.27. The third-order valence-electron chi connectivity index (χ3n) is 5.90. The van der Waals surface area contributed by atoms with Crippen LogP contribution in [-0.2, 0) is 17.8 Å². The molecule has 0 aliphatic rings. The average molecular weight is 444 g/mol. The van der Waals surface area contributed by atoms with E-state index in [-0.39, 0.29) is 12.3 Å². The van der Waals surface area contributed by atoms with E-state index in [1.807, 2.05) is 78.9 Å². The summed E-state index contributed by atoms with van der Waals surface area (Å²) in [4.78, 5) is 17.6. The van der Waals surface area contributed by atoms with Gasteiger partial charge in [0.05, 0.1) is 12.1 Å². The van der Waals surface area contributed by atoms with E-state index in [2.05, 4.69) is 35.6 Å². The van der Waals surface area contributed by atoms with E-state index < -0.39 is 0 Å². The predicted molar refractivity (Wildman–Crippen MR) is 139 cm³/mol. The van der Waals surface area contributed by atoms with Gasteiger partial charge in [-0.25, -0.2) is 4.98 Å². The van der Waals surface area contributed by atoms with E-state index in [9.17, 15) is 4.79 Å². The number of carbonyl (C=O) groups excluding carboxylic acids is 1. The van der Waals surface area contributed by atoms with Gasteiger partial charge in [-0.15, -0.1) is 0 Å². The molecule has 4 aromatic carbocycles. The number of nitrogens with one attached hydrogen (secondary N) is 1. The normalized spacial score (nSPS) is 10.9. The maximum Gasteiger partial charge on any atom is 0.229 e. The van der Waals surface area contributed by atoms with Gasteiger partial charge in [-0.2, -0.15) is 0 Å². The van der Waals surface area contributed by atoms with E-state index in [0.717, 1.165) is 44.3 Å². The van der Waals surface area contributed by atoms with Crippen LogP contribution in [0.2, 0.25) is 0 Å². The third kappa shape index (κ3) is 4.72. The highest BCUT2D eigenvalue weighted by molar-refractivity contribution is 5.99. The van der Waals surface area contributed by atoms with Crippen LogP contribution in [0.3, 0.4) is 0 Å². The highest BCUT2D eigenvalue weighted by atomic mass is 16.1. The second kappa shape index (κ2) is 9.69. The number of pyridine rings is 1. The summed E-state index contributed by atoms with van der Waals surface area (Å²) in [5.74, 6) is 0.446. The van der Waals surface area contributed by atoms with Crippen LogP contribution < -0.4 is 11.1 Å². The molecule has 3 N–H and O–H groups in total. The Balaban J connectivity index is 1.37. The number of nitrogens with zero attached hydrogens (tertiary/aromatic N) is 1. The fraction of sp³-hybridized carbons (Fsp3) is 0.0667. The first-order valence-electron chi connectivity index (χ1n) is 11.3. The van der Waals surface area contributed by atoms with Crippen molar-refractivity contribution < 1.29 is 4.79 Å². The summed E-state index contributed by atoms with van der Waals surface area (Å²) in [6, 6.07) is 36.4. The van der Waals surface area contributed by atoms with Gasteiger partial charge in [0.25, 0.3) is 0 Å². The lowest BCUT2D eigenvalue weighted by Crippen LogP contribution is -2.15. The number of anilines is 1. The van der Waals surface area contributed by atoms with Gasteiger partial charge in [0.15, 0.2) is 0 Å². The molecule has 0 bridgehead atoms. The van der Waals surface area contributed by atoms with Crippen LogP contribution in [0.4, 0.5) is 5.82 Å². The molecule has 0 fully saturated rings. The Morgan fingerprint density at radius 2 is 1.32 bits per heavy atom. The summed E-state index contributed by atoms with van der Waals surface area (Å²) in [5, 5.41) is 5.06. The molecule has 34 heavy (non-hydrogen) atoms. The molecule has 166 valence electrons. The number of hydrogen-bond donors (Lipinski definition) is 2. The number of carbonyl (C=O) groups is 1. The molecule has 0 spiro atoms. The highest BCUT2D eigenvalue weighted by Gasteiger charge is 2.11.